The summed E-state index contributed by atoms with van der Waals surface area (Å²) < 4.78 is 5.00. The first-order valence-electron chi connectivity index (χ1n) is 9.53. The summed E-state index contributed by atoms with van der Waals surface area (Å²) in [7, 11) is 0. The number of para-hydroxylation sites is 1. The molecule has 5 nitrogen and oxygen atoms in total. The molecule has 144 valence electrons. The van der Waals surface area contributed by atoms with Gasteiger partial charge in [0.25, 0.3) is 5.91 Å². The fourth-order valence-corrected chi connectivity index (χ4v) is 3.21. The first kappa shape index (κ1) is 19.5. The number of hydrogen-bond acceptors (Lipinski definition) is 4. The molecule has 1 aromatic heterocycles. The van der Waals surface area contributed by atoms with Crippen molar-refractivity contribution in [1.29, 1.82) is 0 Å². The topological polar surface area (TPSA) is 68.3 Å². The Hall–Kier alpha value is -3.21. The molecular weight excluding hydrogens is 352 g/mol. The van der Waals surface area contributed by atoms with Gasteiger partial charge in [-0.05, 0) is 43.0 Å². The van der Waals surface area contributed by atoms with E-state index in [0.29, 0.717) is 43.5 Å². The Labute approximate surface area is 164 Å². The highest BCUT2D eigenvalue weighted by Crippen LogP contribution is 2.16. The molecule has 1 N–H and O–H groups in total. The van der Waals surface area contributed by atoms with E-state index >= 15 is 0 Å². The van der Waals surface area contributed by atoms with Crippen molar-refractivity contribution in [1.82, 2.24) is 10.3 Å². The maximum atomic E-state index is 12.6. The number of aromatic nitrogens is 1. The monoisotopic (exact) mass is 376 g/mol. The molecule has 2 aromatic carbocycles. The second-order valence-electron chi connectivity index (χ2n) is 6.46. The summed E-state index contributed by atoms with van der Waals surface area (Å²) in [4.78, 5) is 28.6. The Balaban J connectivity index is 1.60. The van der Waals surface area contributed by atoms with Gasteiger partial charge in [0, 0.05) is 24.5 Å². The number of amides is 1. The predicted octanol–water partition coefficient (Wildman–Crippen LogP) is 3.70. The van der Waals surface area contributed by atoms with Crippen LogP contribution in [0.5, 0.6) is 0 Å². The minimum Gasteiger partial charge on any atom is -0.466 e. The van der Waals surface area contributed by atoms with Crippen molar-refractivity contribution in [3.63, 3.8) is 0 Å². The van der Waals surface area contributed by atoms with Gasteiger partial charge < -0.3 is 10.1 Å². The van der Waals surface area contributed by atoms with Crippen LogP contribution >= 0.6 is 0 Å². The van der Waals surface area contributed by atoms with Crippen LogP contribution in [0, 0.1) is 0 Å². The van der Waals surface area contributed by atoms with E-state index in [1.807, 2.05) is 48.5 Å². The molecule has 1 amide bonds. The Bertz CT molecular complexity index is 963. The third-order valence-corrected chi connectivity index (χ3v) is 4.58. The Morgan fingerprint density at radius 1 is 0.964 bits per heavy atom. The van der Waals surface area contributed by atoms with E-state index < -0.39 is 0 Å². The summed E-state index contributed by atoms with van der Waals surface area (Å²) in [6, 6.07) is 17.4. The molecule has 0 fully saturated rings. The highest BCUT2D eigenvalue weighted by Gasteiger charge is 2.11. The van der Waals surface area contributed by atoms with Crippen LogP contribution in [-0.2, 0) is 22.4 Å². The standard InChI is InChI=1S/C23H24N2O3/c1-2-28-21(26)13-12-17-7-3-4-8-18(17)14-16-25-23(27)20-11-5-9-19-10-6-15-24-22(19)20/h3-11,15H,2,12-14,16H2,1H3,(H,25,27). The minimum absolute atomic E-state index is 0.131. The number of benzene rings is 2. The summed E-state index contributed by atoms with van der Waals surface area (Å²) in [6.07, 6.45) is 3.39. The minimum atomic E-state index is -0.186. The molecule has 0 aliphatic carbocycles. The van der Waals surface area contributed by atoms with Gasteiger partial charge in [0.05, 0.1) is 17.7 Å². The van der Waals surface area contributed by atoms with Crippen molar-refractivity contribution >= 4 is 22.8 Å². The molecule has 28 heavy (non-hydrogen) atoms. The second kappa shape index (κ2) is 9.65. The molecule has 0 saturated carbocycles. The zero-order valence-electron chi connectivity index (χ0n) is 16.0. The van der Waals surface area contributed by atoms with Crippen molar-refractivity contribution in [3.8, 4) is 0 Å². The lowest BCUT2D eigenvalue weighted by Gasteiger charge is -2.11. The molecule has 0 spiro atoms. The van der Waals surface area contributed by atoms with Crippen molar-refractivity contribution in [3.05, 3.63) is 77.5 Å². The van der Waals surface area contributed by atoms with Crippen molar-refractivity contribution < 1.29 is 14.3 Å². The van der Waals surface area contributed by atoms with E-state index in [0.717, 1.165) is 16.5 Å². The third-order valence-electron chi connectivity index (χ3n) is 4.58. The molecule has 0 saturated heterocycles. The number of ether oxygens (including phenoxy) is 1. The number of carbonyl (C=O) groups is 2. The highest BCUT2D eigenvalue weighted by molar-refractivity contribution is 6.05. The number of pyridine rings is 1. The van der Waals surface area contributed by atoms with Crippen LogP contribution in [0.25, 0.3) is 10.9 Å². The van der Waals surface area contributed by atoms with Crippen LogP contribution in [0.3, 0.4) is 0 Å². The number of carbonyl (C=O) groups excluding carboxylic acids is 2. The largest absolute Gasteiger partial charge is 0.466 e. The molecule has 0 unspecified atom stereocenters. The van der Waals surface area contributed by atoms with Crippen LogP contribution in [-0.4, -0.2) is 30.0 Å². The molecule has 3 aromatic rings. The third kappa shape index (κ3) is 4.94. The normalized spacial score (nSPS) is 10.6. The molecule has 0 atom stereocenters. The van der Waals surface area contributed by atoms with Gasteiger partial charge in [-0.1, -0.05) is 42.5 Å². The van der Waals surface area contributed by atoms with E-state index in [1.54, 1.807) is 19.2 Å². The molecule has 0 radical (unpaired) electrons. The van der Waals surface area contributed by atoms with Gasteiger partial charge in [-0.25, -0.2) is 0 Å². The van der Waals surface area contributed by atoms with Gasteiger partial charge in [-0.15, -0.1) is 0 Å². The number of esters is 1. The van der Waals surface area contributed by atoms with Gasteiger partial charge in [-0.3, -0.25) is 14.6 Å². The summed E-state index contributed by atoms with van der Waals surface area (Å²) in [5, 5.41) is 3.93. The average Bonchev–Trinajstić information content (AvgIpc) is 2.72. The van der Waals surface area contributed by atoms with E-state index in [9.17, 15) is 9.59 Å². The van der Waals surface area contributed by atoms with E-state index in [4.69, 9.17) is 4.74 Å². The van der Waals surface area contributed by atoms with E-state index in [2.05, 4.69) is 10.3 Å². The quantitative estimate of drug-likeness (QED) is 0.609. The fraction of sp³-hybridized carbons (Fsp3) is 0.261. The maximum Gasteiger partial charge on any atom is 0.306 e. The van der Waals surface area contributed by atoms with Gasteiger partial charge in [0.1, 0.15) is 0 Å². The van der Waals surface area contributed by atoms with Crippen LogP contribution in [0.2, 0.25) is 0 Å². The first-order chi connectivity index (χ1) is 13.7. The van der Waals surface area contributed by atoms with Crippen LogP contribution in [0.15, 0.2) is 60.8 Å². The van der Waals surface area contributed by atoms with E-state index in [1.165, 1.54) is 0 Å². The van der Waals surface area contributed by atoms with Crippen molar-refractivity contribution in [2.24, 2.45) is 0 Å². The Morgan fingerprint density at radius 3 is 2.50 bits per heavy atom. The molecule has 0 bridgehead atoms. The highest BCUT2D eigenvalue weighted by atomic mass is 16.5. The summed E-state index contributed by atoms with van der Waals surface area (Å²) in [5.74, 6) is -0.317. The van der Waals surface area contributed by atoms with Crippen molar-refractivity contribution in [2.45, 2.75) is 26.2 Å². The number of nitrogens with one attached hydrogen (secondary N) is 1. The van der Waals surface area contributed by atoms with Gasteiger partial charge in [0.2, 0.25) is 0 Å². The van der Waals surface area contributed by atoms with Crippen molar-refractivity contribution in [2.75, 3.05) is 13.2 Å². The Kier molecular flexibility index (Phi) is 6.73. The molecule has 0 aliphatic heterocycles. The lowest BCUT2D eigenvalue weighted by atomic mass is 10.0. The summed E-state index contributed by atoms with van der Waals surface area (Å²) >= 11 is 0. The zero-order chi connectivity index (χ0) is 19.8. The SMILES string of the molecule is CCOC(=O)CCc1ccccc1CCNC(=O)c1cccc2cccnc12. The van der Waals surface area contributed by atoms with E-state index in [-0.39, 0.29) is 11.9 Å². The zero-order valence-corrected chi connectivity index (χ0v) is 16.0. The number of rotatable bonds is 8. The van der Waals surface area contributed by atoms with Gasteiger partial charge >= 0.3 is 5.97 Å². The van der Waals surface area contributed by atoms with Gasteiger partial charge in [-0.2, -0.15) is 0 Å². The Morgan fingerprint density at radius 2 is 1.71 bits per heavy atom. The second-order valence-corrected chi connectivity index (χ2v) is 6.46. The molecule has 0 aliphatic rings. The fourth-order valence-electron chi connectivity index (χ4n) is 3.21. The van der Waals surface area contributed by atoms with Gasteiger partial charge in [0.15, 0.2) is 0 Å². The molecule has 3 rings (SSSR count). The smallest absolute Gasteiger partial charge is 0.306 e. The summed E-state index contributed by atoms with van der Waals surface area (Å²) in [5.41, 5.74) is 3.52. The first-order valence-corrected chi connectivity index (χ1v) is 9.53. The molecule has 5 heteroatoms. The lowest BCUT2D eigenvalue weighted by Crippen LogP contribution is -2.26. The number of nitrogens with zero attached hydrogens (tertiary/aromatic N) is 1. The number of aryl methyl sites for hydroxylation is 1. The average molecular weight is 376 g/mol. The van der Waals surface area contributed by atoms with Crippen LogP contribution in [0.1, 0.15) is 34.8 Å². The molecular formula is C23H24N2O3. The molecule has 1 heterocycles. The number of hydrogen-bond donors (Lipinski definition) is 1. The van der Waals surface area contributed by atoms with Crippen LogP contribution < -0.4 is 5.32 Å². The van der Waals surface area contributed by atoms with Crippen LogP contribution in [0.4, 0.5) is 0 Å². The summed E-state index contributed by atoms with van der Waals surface area (Å²) in [6.45, 7) is 2.72. The lowest BCUT2D eigenvalue weighted by molar-refractivity contribution is -0.143. The number of fused-ring (bicyclic) bond motifs is 1. The predicted molar refractivity (Wildman–Crippen MR) is 109 cm³/mol. The maximum absolute atomic E-state index is 12.6.